The summed E-state index contributed by atoms with van der Waals surface area (Å²) in [6.45, 7) is 4.53. The number of thiocarbonyl (C=S) groups is 1. The minimum absolute atomic E-state index is 0.494. The van der Waals surface area contributed by atoms with Crippen LogP contribution in [0.2, 0.25) is 0 Å². The first-order chi connectivity index (χ1) is 9.65. The smallest absolute Gasteiger partial charge is 0.103 e. The summed E-state index contributed by atoms with van der Waals surface area (Å²) in [6, 6.07) is 7.24. The number of hydrogen-bond acceptors (Lipinski definition) is 2. The lowest BCUT2D eigenvalue weighted by Crippen LogP contribution is -2.34. The van der Waals surface area contributed by atoms with E-state index in [9.17, 15) is 0 Å². The molecular weight excluding hydrogens is 264 g/mol. The summed E-state index contributed by atoms with van der Waals surface area (Å²) in [6.07, 6.45) is 7.09. The molecule has 0 bridgehead atoms. The van der Waals surface area contributed by atoms with Crippen molar-refractivity contribution in [2.24, 2.45) is 11.7 Å². The Morgan fingerprint density at radius 1 is 1.30 bits per heavy atom. The lowest BCUT2D eigenvalue weighted by Gasteiger charge is -2.32. The Morgan fingerprint density at radius 3 is 2.85 bits per heavy atom. The number of nitrogens with zero attached hydrogens (tertiary/aromatic N) is 1. The van der Waals surface area contributed by atoms with Gasteiger partial charge in [-0.1, -0.05) is 37.2 Å². The number of nitrogens with two attached hydrogens (primary N) is 1. The number of aryl methyl sites for hydroxylation is 1. The molecule has 0 radical (unpaired) electrons. The van der Waals surface area contributed by atoms with E-state index in [-0.39, 0.29) is 0 Å². The lowest BCUT2D eigenvalue weighted by atomic mass is 9.85. The molecule has 1 aromatic carbocycles. The van der Waals surface area contributed by atoms with E-state index in [1.165, 1.54) is 49.8 Å². The van der Waals surface area contributed by atoms with Gasteiger partial charge in [-0.05, 0) is 55.8 Å². The third-order valence-electron chi connectivity index (χ3n) is 5.13. The molecule has 3 rings (SSSR count). The highest BCUT2D eigenvalue weighted by Gasteiger charge is 2.35. The number of hydrogen-bond donors (Lipinski definition) is 1. The summed E-state index contributed by atoms with van der Waals surface area (Å²) < 4.78 is 0. The highest BCUT2D eigenvalue weighted by Crippen LogP contribution is 2.37. The predicted octanol–water partition coefficient (Wildman–Crippen LogP) is 3.39. The zero-order valence-corrected chi connectivity index (χ0v) is 13.1. The van der Waals surface area contributed by atoms with Gasteiger partial charge in [0, 0.05) is 18.2 Å². The topological polar surface area (TPSA) is 29.3 Å². The largest absolute Gasteiger partial charge is 0.389 e. The normalized spacial score (nSPS) is 26.4. The lowest BCUT2D eigenvalue weighted by molar-refractivity contribution is 0.175. The second-order valence-corrected chi connectivity index (χ2v) is 6.82. The van der Waals surface area contributed by atoms with Gasteiger partial charge in [0.05, 0.1) is 0 Å². The first-order valence-corrected chi connectivity index (χ1v) is 8.19. The van der Waals surface area contributed by atoms with E-state index in [2.05, 4.69) is 30.0 Å². The van der Waals surface area contributed by atoms with Gasteiger partial charge in [0.15, 0.2) is 0 Å². The maximum atomic E-state index is 5.70. The third kappa shape index (κ3) is 2.75. The molecule has 0 spiro atoms. The van der Waals surface area contributed by atoms with Crippen molar-refractivity contribution < 1.29 is 0 Å². The predicted molar refractivity (Wildman–Crippen MR) is 87.8 cm³/mol. The Balaban J connectivity index is 1.73. The van der Waals surface area contributed by atoms with E-state index in [1.54, 1.807) is 0 Å². The van der Waals surface area contributed by atoms with Crippen molar-refractivity contribution in [1.29, 1.82) is 0 Å². The fraction of sp³-hybridized carbons (Fsp3) is 0.588. The van der Waals surface area contributed by atoms with Crippen LogP contribution in [0.5, 0.6) is 0 Å². The Labute approximate surface area is 127 Å². The molecule has 1 saturated heterocycles. The van der Waals surface area contributed by atoms with Gasteiger partial charge in [0.1, 0.15) is 4.99 Å². The van der Waals surface area contributed by atoms with Crippen molar-refractivity contribution in [3.63, 3.8) is 0 Å². The highest BCUT2D eigenvalue weighted by atomic mass is 32.1. The van der Waals surface area contributed by atoms with Crippen molar-refractivity contribution in [1.82, 2.24) is 4.90 Å². The summed E-state index contributed by atoms with van der Waals surface area (Å²) >= 11 is 5.05. The quantitative estimate of drug-likeness (QED) is 0.865. The maximum absolute atomic E-state index is 5.70. The van der Waals surface area contributed by atoms with Crippen LogP contribution in [-0.2, 0) is 6.54 Å². The SMILES string of the molecule is Cc1cc(C(N)=S)ccc1CN1CCC2CCCCC21. The van der Waals surface area contributed by atoms with Crippen LogP contribution in [0.25, 0.3) is 0 Å². The van der Waals surface area contributed by atoms with Gasteiger partial charge < -0.3 is 5.73 Å². The van der Waals surface area contributed by atoms with Gasteiger partial charge in [0.25, 0.3) is 0 Å². The molecule has 2 atom stereocenters. The van der Waals surface area contributed by atoms with E-state index in [0.717, 1.165) is 24.1 Å². The monoisotopic (exact) mass is 288 g/mol. The van der Waals surface area contributed by atoms with E-state index in [0.29, 0.717) is 4.99 Å². The fourth-order valence-corrected chi connectivity index (χ4v) is 4.07. The van der Waals surface area contributed by atoms with Gasteiger partial charge in [0.2, 0.25) is 0 Å². The van der Waals surface area contributed by atoms with Crippen LogP contribution in [0.15, 0.2) is 18.2 Å². The van der Waals surface area contributed by atoms with E-state index < -0.39 is 0 Å². The summed E-state index contributed by atoms with van der Waals surface area (Å²) in [4.78, 5) is 3.19. The van der Waals surface area contributed by atoms with Crippen LogP contribution < -0.4 is 5.73 Å². The molecule has 1 saturated carbocycles. The van der Waals surface area contributed by atoms with Crippen molar-refractivity contribution in [2.45, 2.75) is 51.6 Å². The Kier molecular flexibility index (Phi) is 4.08. The molecular formula is C17H24N2S. The molecule has 1 heterocycles. The third-order valence-corrected chi connectivity index (χ3v) is 5.36. The zero-order chi connectivity index (χ0) is 14.1. The van der Waals surface area contributed by atoms with Gasteiger partial charge >= 0.3 is 0 Å². The Bertz CT molecular complexity index is 512. The molecule has 108 valence electrons. The molecule has 2 unspecified atom stereocenters. The van der Waals surface area contributed by atoms with Crippen molar-refractivity contribution in [3.8, 4) is 0 Å². The van der Waals surface area contributed by atoms with Crippen LogP contribution in [-0.4, -0.2) is 22.5 Å². The first-order valence-electron chi connectivity index (χ1n) is 7.78. The van der Waals surface area contributed by atoms with Crippen LogP contribution in [0.3, 0.4) is 0 Å². The van der Waals surface area contributed by atoms with Gasteiger partial charge in [-0.2, -0.15) is 0 Å². The molecule has 0 amide bonds. The first kappa shape index (κ1) is 14.0. The summed E-state index contributed by atoms with van der Waals surface area (Å²) in [5.74, 6) is 0.958. The van der Waals surface area contributed by atoms with Gasteiger partial charge in [-0.15, -0.1) is 0 Å². The summed E-state index contributed by atoms with van der Waals surface area (Å²) in [5, 5.41) is 0. The molecule has 3 heteroatoms. The van der Waals surface area contributed by atoms with E-state index in [4.69, 9.17) is 18.0 Å². The number of benzene rings is 1. The van der Waals surface area contributed by atoms with Crippen molar-refractivity contribution in [3.05, 3.63) is 34.9 Å². The summed E-state index contributed by atoms with van der Waals surface area (Å²) in [7, 11) is 0. The maximum Gasteiger partial charge on any atom is 0.103 e. The van der Waals surface area contributed by atoms with Crippen LogP contribution in [0, 0.1) is 12.8 Å². The molecule has 1 aliphatic carbocycles. The van der Waals surface area contributed by atoms with Crippen LogP contribution in [0.4, 0.5) is 0 Å². The minimum Gasteiger partial charge on any atom is -0.389 e. The zero-order valence-electron chi connectivity index (χ0n) is 12.3. The van der Waals surface area contributed by atoms with E-state index in [1.807, 2.05) is 0 Å². The number of fused-ring (bicyclic) bond motifs is 1. The van der Waals surface area contributed by atoms with Crippen LogP contribution >= 0.6 is 12.2 Å². The molecule has 0 aromatic heterocycles. The second-order valence-electron chi connectivity index (χ2n) is 6.38. The van der Waals surface area contributed by atoms with Gasteiger partial charge in [-0.25, -0.2) is 0 Å². The average molecular weight is 288 g/mol. The molecule has 2 aliphatic rings. The Morgan fingerprint density at radius 2 is 2.10 bits per heavy atom. The van der Waals surface area contributed by atoms with Crippen LogP contribution in [0.1, 0.15) is 48.8 Å². The molecule has 1 aromatic rings. The Hall–Kier alpha value is -0.930. The molecule has 20 heavy (non-hydrogen) atoms. The molecule has 2 N–H and O–H groups in total. The fourth-order valence-electron chi connectivity index (χ4n) is 3.94. The molecule has 2 fully saturated rings. The number of likely N-dealkylation sites (tertiary alicyclic amines) is 1. The summed E-state index contributed by atoms with van der Waals surface area (Å²) in [5.41, 5.74) is 9.43. The standard InChI is InChI=1S/C17H24N2S/c1-12-10-14(17(18)20)6-7-15(12)11-19-9-8-13-4-2-3-5-16(13)19/h6-7,10,13,16H,2-5,8-9,11H2,1H3,(H2,18,20). The van der Waals surface area contributed by atoms with Gasteiger partial charge in [-0.3, -0.25) is 4.90 Å². The molecule has 1 aliphatic heterocycles. The second kappa shape index (κ2) is 5.82. The van der Waals surface area contributed by atoms with E-state index >= 15 is 0 Å². The molecule has 2 nitrogen and oxygen atoms in total. The van der Waals surface area contributed by atoms with Crippen molar-refractivity contribution in [2.75, 3.05) is 6.54 Å². The minimum atomic E-state index is 0.494. The van der Waals surface area contributed by atoms with Crippen molar-refractivity contribution >= 4 is 17.2 Å². The number of rotatable bonds is 3. The average Bonchev–Trinajstić information content (AvgIpc) is 2.84. The highest BCUT2D eigenvalue weighted by molar-refractivity contribution is 7.80.